The second-order valence-electron chi connectivity index (χ2n) is 3.39. The summed E-state index contributed by atoms with van der Waals surface area (Å²) in [5.74, 6) is -0.190. The van der Waals surface area contributed by atoms with Crippen LogP contribution in [0, 0.1) is 0 Å². The van der Waals surface area contributed by atoms with Crippen LogP contribution in [0.5, 0.6) is 5.75 Å². The fourth-order valence-corrected chi connectivity index (χ4v) is 1.69. The molecule has 0 amide bonds. The highest BCUT2D eigenvalue weighted by molar-refractivity contribution is 5.88. The van der Waals surface area contributed by atoms with Gasteiger partial charge in [0.05, 0.1) is 5.52 Å². The number of benzene rings is 1. The third kappa shape index (κ3) is 1.98. The average Bonchev–Trinajstić information content (AvgIpc) is 2.59. The fraction of sp³-hybridized carbons (Fsp3) is 0.273. The maximum Gasteiger partial charge on any atom is 0.573 e. The van der Waals surface area contributed by atoms with Gasteiger partial charge in [0.15, 0.2) is 5.75 Å². The number of para-hydroxylation sites is 1. The molecule has 0 aliphatic heterocycles. The summed E-state index contributed by atoms with van der Waals surface area (Å²) in [4.78, 5) is 2.81. The van der Waals surface area contributed by atoms with Crippen molar-refractivity contribution in [2.24, 2.45) is 0 Å². The van der Waals surface area contributed by atoms with E-state index in [4.69, 9.17) is 0 Å². The summed E-state index contributed by atoms with van der Waals surface area (Å²) in [6.45, 7) is 1.94. The van der Waals surface area contributed by atoms with Crippen molar-refractivity contribution < 1.29 is 17.9 Å². The van der Waals surface area contributed by atoms with Crippen LogP contribution in [-0.4, -0.2) is 11.3 Å². The normalized spacial score (nSPS) is 12.0. The monoisotopic (exact) mass is 229 g/mol. The van der Waals surface area contributed by atoms with Gasteiger partial charge in [-0.15, -0.1) is 13.2 Å². The molecule has 0 aliphatic rings. The molecule has 0 aliphatic carbocycles. The van der Waals surface area contributed by atoms with Gasteiger partial charge in [-0.1, -0.05) is 19.1 Å². The predicted molar refractivity (Wildman–Crippen MR) is 54.4 cm³/mol. The number of rotatable bonds is 2. The Balaban J connectivity index is 2.50. The van der Waals surface area contributed by atoms with E-state index in [0.717, 1.165) is 17.4 Å². The smallest absolute Gasteiger partial charge is 0.404 e. The standard InChI is InChI=1S/C11H10F3NO/c1-2-7-6-15-10-8(7)4-3-5-9(10)16-11(12,13)14/h3-6,15H,2H2,1H3. The molecule has 2 rings (SSSR count). The number of aryl methyl sites for hydroxylation is 1. The van der Waals surface area contributed by atoms with Gasteiger partial charge >= 0.3 is 6.36 Å². The van der Waals surface area contributed by atoms with Crippen molar-refractivity contribution in [3.05, 3.63) is 30.0 Å². The van der Waals surface area contributed by atoms with E-state index < -0.39 is 6.36 Å². The quantitative estimate of drug-likeness (QED) is 0.835. The lowest BCUT2D eigenvalue weighted by Gasteiger charge is -2.09. The number of nitrogens with one attached hydrogen (secondary N) is 1. The van der Waals surface area contributed by atoms with Crippen LogP contribution in [0.15, 0.2) is 24.4 Å². The Morgan fingerprint density at radius 2 is 2.06 bits per heavy atom. The Hall–Kier alpha value is -1.65. The first-order valence-electron chi connectivity index (χ1n) is 4.86. The van der Waals surface area contributed by atoms with Crippen LogP contribution in [0.2, 0.25) is 0 Å². The molecule has 86 valence electrons. The number of aromatic nitrogens is 1. The van der Waals surface area contributed by atoms with Crippen LogP contribution in [-0.2, 0) is 6.42 Å². The van der Waals surface area contributed by atoms with E-state index in [1.165, 1.54) is 6.07 Å². The van der Waals surface area contributed by atoms with Crippen molar-refractivity contribution in [3.8, 4) is 5.75 Å². The van der Waals surface area contributed by atoms with E-state index in [1.54, 1.807) is 18.3 Å². The maximum atomic E-state index is 12.1. The molecule has 0 radical (unpaired) electrons. The zero-order chi connectivity index (χ0) is 11.8. The minimum atomic E-state index is -4.66. The van der Waals surface area contributed by atoms with Crippen LogP contribution in [0.1, 0.15) is 12.5 Å². The highest BCUT2D eigenvalue weighted by Gasteiger charge is 2.32. The Bertz CT molecular complexity index is 501. The zero-order valence-electron chi connectivity index (χ0n) is 8.56. The van der Waals surface area contributed by atoms with Gasteiger partial charge in [0.25, 0.3) is 0 Å². The third-order valence-electron chi connectivity index (χ3n) is 2.37. The Morgan fingerprint density at radius 1 is 1.31 bits per heavy atom. The number of halogens is 3. The second kappa shape index (κ2) is 3.73. The predicted octanol–water partition coefficient (Wildman–Crippen LogP) is 3.63. The van der Waals surface area contributed by atoms with Crippen LogP contribution < -0.4 is 4.74 Å². The number of H-pyrrole nitrogens is 1. The molecular formula is C11H10F3NO. The van der Waals surface area contributed by atoms with Crippen molar-refractivity contribution in [2.45, 2.75) is 19.7 Å². The largest absolute Gasteiger partial charge is 0.573 e. The Labute approximate surface area is 90.0 Å². The molecule has 0 saturated carbocycles. The minimum absolute atomic E-state index is 0.190. The molecule has 0 unspecified atom stereocenters. The molecular weight excluding hydrogens is 219 g/mol. The topological polar surface area (TPSA) is 25.0 Å². The van der Waals surface area contributed by atoms with E-state index in [9.17, 15) is 13.2 Å². The lowest BCUT2D eigenvalue weighted by molar-refractivity contribution is -0.274. The first-order valence-corrected chi connectivity index (χ1v) is 4.86. The second-order valence-corrected chi connectivity index (χ2v) is 3.39. The fourth-order valence-electron chi connectivity index (χ4n) is 1.69. The van der Waals surface area contributed by atoms with Crippen molar-refractivity contribution in [3.63, 3.8) is 0 Å². The van der Waals surface area contributed by atoms with E-state index in [0.29, 0.717) is 5.52 Å². The molecule has 1 aromatic heterocycles. The average molecular weight is 229 g/mol. The number of aromatic amines is 1. The summed E-state index contributed by atoms with van der Waals surface area (Å²) in [6.07, 6.45) is -2.20. The van der Waals surface area contributed by atoms with Crippen LogP contribution >= 0.6 is 0 Å². The molecule has 2 aromatic rings. The van der Waals surface area contributed by atoms with E-state index in [2.05, 4.69) is 9.72 Å². The van der Waals surface area contributed by atoms with Crippen molar-refractivity contribution in [1.29, 1.82) is 0 Å². The lowest BCUT2D eigenvalue weighted by atomic mass is 10.1. The van der Waals surface area contributed by atoms with Gasteiger partial charge < -0.3 is 9.72 Å². The molecule has 0 fully saturated rings. The molecule has 2 nitrogen and oxygen atoms in total. The molecule has 0 saturated heterocycles. The maximum absolute atomic E-state index is 12.1. The summed E-state index contributed by atoms with van der Waals surface area (Å²) in [6, 6.07) is 4.62. The van der Waals surface area contributed by atoms with Gasteiger partial charge in [0, 0.05) is 11.6 Å². The van der Waals surface area contributed by atoms with Gasteiger partial charge in [-0.05, 0) is 18.1 Å². The molecule has 1 heterocycles. The van der Waals surface area contributed by atoms with Crippen molar-refractivity contribution >= 4 is 10.9 Å². The van der Waals surface area contributed by atoms with Gasteiger partial charge in [0.2, 0.25) is 0 Å². The van der Waals surface area contributed by atoms with E-state index >= 15 is 0 Å². The van der Waals surface area contributed by atoms with E-state index in [-0.39, 0.29) is 5.75 Å². The van der Waals surface area contributed by atoms with Gasteiger partial charge in [-0.3, -0.25) is 0 Å². The van der Waals surface area contributed by atoms with Crippen molar-refractivity contribution in [1.82, 2.24) is 4.98 Å². The summed E-state index contributed by atoms with van der Waals surface area (Å²) in [5, 5.41) is 0.768. The number of ether oxygens (including phenoxy) is 1. The summed E-state index contributed by atoms with van der Waals surface area (Å²) >= 11 is 0. The first-order chi connectivity index (χ1) is 7.51. The molecule has 5 heteroatoms. The Kier molecular flexibility index (Phi) is 2.53. The molecule has 0 bridgehead atoms. The SMILES string of the molecule is CCc1c[nH]c2c(OC(F)(F)F)cccc12. The Morgan fingerprint density at radius 3 is 2.69 bits per heavy atom. The van der Waals surface area contributed by atoms with Gasteiger partial charge in [-0.25, -0.2) is 0 Å². The van der Waals surface area contributed by atoms with Gasteiger partial charge in [0.1, 0.15) is 0 Å². The summed E-state index contributed by atoms with van der Waals surface area (Å²) in [5.41, 5.74) is 1.36. The molecule has 0 atom stereocenters. The van der Waals surface area contributed by atoms with E-state index in [1.807, 2.05) is 6.92 Å². The molecule has 1 aromatic carbocycles. The highest BCUT2D eigenvalue weighted by Crippen LogP contribution is 2.31. The number of alkyl halides is 3. The first kappa shape index (κ1) is 10.9. The zero-order valence-corrected chi connectivity index (χ0v) is 8.56. The van der Waals surface area contributed by atoms with Crippen molar-refractivity contribution in [2.75, 3.05) is 0 Å². The van der Waals surface area contributed by atoms with Crippen LogP contribution in [0.25, 0.3) is 10.9 Å². The van der Waals surface area contributed by atoms with Crippen LogP contribution in [0.4, 0.5) is 13.2 Å². The van der Waals surface area contributed by atoms with Gasteiger partial charge in [-0.2, -0.15) is 0 Å². The summed E-state index contributed by atoms with van der Waals surface area (Å²) in [7, 11) is 0. The highest BCUT2D eigenvalue weighted by atomic mass is 19.4. The van der Waals surface area contributed by atoms with Crippen LogP contribution in [0.3, 0.4) is 0 Å². The number of hydrogen-bond acceptors (Lipinski definition) is 1. The molecule has 16 heavy (non-hydrogen) atoms. The molecule has 0 spiro atoms. The lowest BCUT2D eigenvalue weighted by Crippen LogP contribution is -2.17. The number of fused-ring (bicyclic) bond motifs is 1. The molecule has 1 N–H and O–H groups in total. The summed E-state index contributed by atoms with van der Waals surface area (Å²) < 4.78 is 40.3. The third-order valence-corrected chi connectivity index (χ3v) is 2.37. The minimum Gasteiger partial charge on any atom is -0.404 e. The number of hydrogen-bond donors (Lipinski definition) is 1.